The van der Waals surface area contributed by atoms with Gasteiger partial charge in [-0.25, -0.2) is 0 Å². The van der Waals surface area contributed by atoms with E-state index in [2.05, 4.69) is 16.0 Å². The lowest BCUT2D eigenvalue weighted by Gasteiger charge is -2.28. The highest BCUT2D eigenvalue weighted by Crippen LogP contribution is 2.29. The molecule has 0 unspecified atom stereocenters. The second kappa shape index (κ2) is 9.32. The number of carbonyl (C=O) groups is 1. The van der Waals surface area contributed by atoms with Gasteiger partial charge in [0.15, 0.2) is 5.11 Å². The minimum atomic E-state index is -1.90. The highest BCUT2D eigenvalue weighted by Gasteiger charge is 2.35. The number of alkyl halides is 3. The van der Waals surface area contributed by atoms with E-state index in [1.165, 1.54) is 13.2 Å². The summed E-state index contributed by atoms with van der Waals surface area (Å²) in [6, 6.07) is 12.9. The number of thiocarbonyl (C=S) groups is 1. The Kier molecular flexibility index (Phi) is 7.38. The van der Waals surface area contributed by atoms with Crippen LogP contribution in [0.4, 0.5) is 5.69 Å². The molecule has 0 spiro atoms. The number of hydrogen-bond acceptors (Lipinski definition) is 4. The van der Waals surface area contributed by atoms with E-state index in [1.807, 2.05) is 0 Å². The summed E-state index contributed by atoms with van der Waals surface area (Å²) in [5, 5.41) is 17.9. The zero-order chi connectivity index (χ0) is 20.0. The topological polar surface area (TPSA) is 82.6 Å². The minimum Gasteiger partial charge on any atom is -0.506 e. The molecule has 0 radical (unpaired) electrons. The van der Waals surface area contributed by atoms with Crippen molar-refractivity contribution in [2.45, 2.75) is 9.96 Å². The Bertz CT molecular complexity index is 813. The van der Waals surface area contributed by atoms with Crippen LogP contribution in [0, 0.1) is 0 Å². The summed E-state index contributed by atoms with van der Waals surface area (Å²) in [7, 11) is 1.52. The number of hydrogen-bond donors (Lipinski definition) is 4. The Morgan fingerprint density at radius 2 is 1.74 bits per heavy atom. The molecule has 0 saturated heterocycles. The number of nitrogens with one attached hydrogen (secondary N) is 3. The number of carbonyl (C=O) groups excluding carboxylic acids is 1. The summed E-state index contributed by atoms with van der Waals surface area (Å²) in [6.45, 7) is 0. The van der Waals surface area contributed by atoms with Gasteiger partial charge in [-0.15, -0.1) is 0 Å². The lowest BCUT2D eigenvalue weighted by molar-refractivity contribution is 0.0934. The van der Waals surface area contributed by atoms with E-state index in [4.69, 9.17) is 51.8 Å². The number of amides is 1. The van der Waals surface area contributed by atoms with Crippen LogP contribution in [-0.4, -0.2) is 33.2 Å². The lowest BCUT2D eigenvalue weighted by atomic mass is 10.2. The van der Waals surface area contributed by atoms with Crippen LogP contribution < -0.4 is 20.7 Å². The van der Waals surface area contributed by atoms with Gasteiger partial charge in [0.25, 0.3) is 5.91 Å². The quantitative estimate of drug-likeness (QED) is 0.241. The maximum absolute atomic E-state index is 12.4. The normalized spacial score (nSPS) is 12.0. The molecule has 144 valence electrons. The molecule has 2 aromatic carbocycles. The molecule has 1 atom stereocenters. The van der Waals surface area contributed by atoms with E-state index in [-0.39, 0.29) is 10.9 Å². The molecule has 4 N–H and O–H groups in total. The summed E-state index contributed by atoms with van der Waals surface area (Å²) in [4.78, 5) is 12.4. The van der Waals surface area contributed by atoms with Crippen LogP contribution in [0.5, 0.6) is 11.5 Å². The van der Waals surface area contributed by atoms with Gasteiger partial charge in [-0.05, 0) is 48.6 Å². The average Bonchev–Trinajstić information content (AvgIpc) is 2.62. The van der Waals surface area contributed by atoms with Crippen molar-refractivity contribution < 1.29 is 14.6 Å². The van der Waals surface area contributed by atoms with Gasteiger partial charge in [-0.2, -0.15) is 0 Å². The molecule has 0 aliphatic rings. The fourth-order valence-electron chi connectivity index (χ4n) is 2.03. The second-order valence-electron chi connectivity index (χ2n) is 5.29. The number of benzene rings is 2. The van der Waals surface area contributed by atoms with Crippen LogP contribution in [0.3, 0.4) is 0 Å². The van der Waals surface area contributed by atoms with Crippen molar-refractivity contribution in [2.24, 2.45) is 0 Å². The first-order chi connectivity index (χ1) is 12.7. The highest BCUT2D eigenvalue weighted by atomic mass is 35.6. The fourth-order valence-corrected chi connectivity index (χ4v) is 2.58. The SMILES string of the molecule is COc1ccc(C(=O)N[C@H](NC(=S)Nc2ccccc2O)C(Cl)(Cl)Cl)cc1. The van der Waals surface area contributed by atoms with Gasteiger partial charge < -0.3 is 25.8 Å². The third-order valence-corrected chi connectivity index (χ3v) is 4.26. The Morgan fingerprint density at radius 3 is 2.30 bits per heavy atom. The molecular weight excluding hydrogens is 433 g/mol. The average molecular weight is 449 g/mol. The monoisotopic (exact) mass is 447 g/mol. The van der Waals surface area contributed by atoms with Crippen molar-refractivity contribution in [1.29, 1.82) is 0 Å². The molecule has 2 rings (SSSR count). The Labute approximate surface area is 176 Å². The fraction of sp³-hybridized carbons (Fsp3) is 0.176. The van der Waals surface area contributed by atoms with Gasteiger partial charge in [0.05, 0.1) is 12.8 Å². The molecule has 0 saturated carbocycles. The molecule has 0 aliphatic heterocycles. The number of methoxy groups -OCH3 is 1. The summed E-state index contributed by atoms with van der Waals surface area (Å²) in [5.41, 5.74) is 0.705. The smallest absolute Gasteiger partial charge is 0.252 e. The van der Waals surface area contributed by atoms with Gasteiger partial charge in [0, 0.05) is 5.56 Å². The first-order valence-electron chi connectivity index (χ1n) is 7.58. The van der Waals surface area contributed by atoms with Crippen LogP contribution in [0.15, 0.2) is 48.5 Å². The number of anilines is 1. The first kappa shape index (κ1) is 21.4. The largest absolute Gasteiger partial charge is 0.506 e. The number of halogens is 3. The molecule has 0 heterocycles. The second-order valence-corrected chi connectivity index (χ2v) is 8.07. The van der Waals surface area contributed by atoms with E-state index in [1.54, 1.807) is 42.5 Å². The number of phenols is 1. The molecule has 27 heavy (non-hydrogen) atoms. The maximum atomic E-state index is 12.4. The molecule has 6 nitrogen and oxygen atoms in total. The Hall–Kier alpha value is -1.93. The molecule has 1 amide bonds. The summed E-state index contributed by atoms with van der Waals surface area (Å²) in [5.74, 6) is 0.122. The Balaban J connectivity index is 2.07. The van der Waals surface area contributed by atoms with Crippen LogP contribution in [0.25, 0.3) is 0 Å². The number of rotatable bonds is 5. The van der Waals surface area contributed by atoms with Crippen molar-refractivity contribution in [1.82, 2.24) is 10.6 Å². The van der Waals surface area contributed by atoms with Crippen molar-refractivity contribution in [3.63, 3.8) is 0 Å². The van der Waals surface area contributed by atoms with E-state index in [0.29, 0.717) is 17.0 Å². The van der Waals surface area contributed by atoms with E-state index < -0.39 is 15.9 Å². The lowest BCUT2D eigenvalue weighted by Crippen LogP contribution is -2.56. The van der Waals surface area contributed by atoms with Crippen LogP contribution in [0.2, 0.25) is 0 Å². The minimum absolute atomic E-state index is 0.00523. The third-order valence-electron chi connectivity index (χ3n) is 3.38. The van der Waals surface area contributed by atoms with Crippen LogP contribution in [-0.2, 0) is 0 Å². The van der Waals surface area contributed by atoms with E-state index in [9.17, 15) is 9.90 Å². The van der Waals surface area contributed by atoms with Gasteiger partial charge in [-0.3, -0.25) is 4.79 Å². The first-order valence-corrected chi connectivity index (χ1v) is 9.12. The third kappa shape index (κ3) is 6.32. The highest BCUT2D eigenvalue weighted by molar-refractivity contribution is 7.80. The summed E-state index contributed by atoms with van der Waals surface area (Å²) >= 11 is 23.0. The Morgan fingerprint density at radius 1 is 1.11 bits per heavy atom. The van der Waals surface area contributed by atoms with E-state index in [0.717, 1.165) is 0 Å². The van der Waals surface area contributed by atoms with Crippen molar-refractivity contribution >= 4 is 63.7 Å². The van der Waals surface area contributed by atoms with Crippen molar-refractivity contribution in [3.05, 3.63) is 54.1 Å². The van der Waals surface area contributed by atoms with E-state index >= 15 is 0 Å². The predicted molar refractivity (Wildman–Crippen MR) is 112 cm³/mol. The van der Waals surface area contributed by atoms with Gasteiger partial charge in [-0.1, -0.05) is 46.9 Å². The van der Waals surface area contributed by atoms with Crippen molar-refractivity contribution in [2.75, 3.05) is 12.4 Å². The summed E-state index contributed by atoms with van der Waals surface area (Å²) < 4.78 is 3.15. The number of aromatic hydroxyl groups is 1. The molecule has 0 bridgehead atoms. The zero-order valence-corrected chi connectivity index (χ0v) is 17.1. The number of phenolic OH excluding ortho intramolecular Hbond substituents is 1. The molecule has 10 heteroatoms. The summed E-state index contributed by atoms with van der Waals surface area (Å²) in [6.07, 6.45) is -1.14. The van der Waals surface area contributed by atoms with Crippen molar-refractivity contribution in [3.8, 4) is 11.5 Å². The van der Waals surface area contributed by atoms with Gasteiger partial charge in [0.1, 0.15) is 17.7 Å². The van der Waals surface area contributed by atoms with Gasteiger partial charge >= 0.3 is 0 Å². The molecule has 0 aromatic heterocycles. The molecule has 0 aliphatic carbocycles. The maximum Gasteiger partial charge on any atom is 0.252 e. The zero-order valence-electron chi connectivity index (χ0n) is 14.0. The van der Waals surface area contributed by atoms with Gasteiger partial charge in [0.2, 0.25) is 3.79 Å². The predicted octanol–water partition coefficient (Wildman–Crippen LogP) is 3.81. The molecule has 0 fully saturated rings. The standard InChI is InChI=1S/C17H16Cl3N3O3S/c1-26-11-8-6-10(7-9-11)14(25)22-15(17(18,19)20)23-16(27)21-12-4-2-3-5-13(12)24/h2-9,15,24H,1H3,(H,22,25)(H2,21,23,27)/t15-/m1/s1. The number of para-hydroxylation sites is 2. The van der Waals surface area contributed by atoms with Crippen LogP contribution in [0.1, 0.15) is 10.4 Å². The van der Waals surface area contributed by atoms with Crippen LogP contribution >= 0.6 is 47.0 Å². The molecular formula is C17H16Cl3N3O3S. The number of ether oxygens (including phenoxy) is 1. The molecule has 2 aromatic rings.